The first-order valence-corrected chi connectivity index (χ1v) is 8.58. The van der Waals surface area contributed by atoms with Gasteiger partial charge in [-0.2, -0.15) is 0 Å². The van der Waals surface area contributed by atoms with Gasteiger partial charge in [-0.15, -0.1) is 0 Å². The van der Waals surface area contributed by atoms with Gasteiger partial charge in [0.2, 0.25) is 0 Å². The second kappa shape index (κ2) is 5.31. The molecule has 1 heterocycles. The van der Waals surface area contributed by atoms with E-state index in [9.17, 15) is 12.8 Å². The summed E-state index contributed by atoms with van der Waals surface area (Å²) in [4.78, 5) is 0.00234. The van der Waals surface area contributed by atoms with Crippen molar-refractivity contribution in [1.82, 2.24) is 0 Å². The lowest BCUT2D eigenvalue weighted by molar-refractivity contribution is 0.599. The second-order valence-electron chi connectivity index (χ2n) is 4.73. The minimum atomic E-state index is -3.76. The maximum atomic E-state index is 13.1. The van der Waals surface area contributed by atoms with Gasteiger partial charge < -0.3 is 5.32 Å². The normalized spacial score (nSPS) is 13.6. The lowest BCUT2D eigenvalue weighted by Gasteiger charge is -2.11. The number of hydrogen-bond donors (Lipinski definition) is 2. The fraction of sp³-hybridized carbons (Fsp3) is 0.143. The molecule has 0 radical (unpaired) electrons. The number of halogens is 2. The molecule has 2 N–H and O–H groups in total. The van der Waals surface area contributed by atoms with Gasteiger partial charge >= 0.3 is 0 Å². The van der Waals surface area contributed by atoms with Crippen LogP contribution in [-0.2, 0) is 16.4 Å². The van der Waals surface area contributed by atoms with Crippen molar-refractivity contribution in [2.45, 2.75) is 11.3 Å². The summed E-state index contributed by atoms with van der Waals surface area (Å²) in [5.41, 5.74) is 2.60. The van der Waals surface area contributed by atoms with E-state index < -0.39 is 15.8 Å². The van der Waals surface area contributed by atoms with E-state index in [1.165, 1.54) is 6.07 Å². The molecule has 0 atom stereocenters. The molecule has 0 bridgehead atoms. The zero-order valence-corrected chi connectivity index (χ0v) is 13.3. The molecule has 3 rings (SSSR count). The van der Waals surface area contributed by atoms with Crippen LogP contribution in [0.25, 0.3) is 0 Å². The first-order chi connectivity index (χ1) is 9.95. The van der Waals surface area contributed by atoms with Gasteiger partial charge in [0, 0.05) is 22.4 Å². The molecule has 2 aromatic carbocycles. The fourth-order valence-corrected chi connectivity index (χ4v) is 4.37. The van der Waals surface area contributed by atoms with Gasteiger partial charge in [0.1, 0.15) is 10.7 Å². The molecule has 7 heteroatoms. The summed E-state index contributed by atoms with van der Waals surface area (Å²) in [5.74, 6) is -0.496. The van der Waals surface area contributed by atoms with Crippen LogP contribution in [0, 0.1) is 5.82 Å². The topological polar surface area (TPSA) is 58.2 Å². The quantitative estimate of drug-likeness (QED) is 0.870. The van der Waals surface area contributed by atoms with Gasteiger partial charge in [0.25, 0.3) is 10.0 Å². The van der Waals surface area contributed by atoms with Crippen LogP contribution < -0.4 is 10.0 Å². The van der Waals surface area contributed by atoms with Gasteiger partial charge in [-0.3, -0.25) is 4.72 Å². The minimum absolute atomic E-state index is 0.00234. The zero-order chi connectivity index (χ0) is 15.0. The molecule has 4 nitrogen and oxygen atoms in total. The number of nitrogens with one attached hydrogen (secondary N) is 2. The van der Waals surface area contributed by atoms with Gasteiger partial charge in [0.05, 0.1) is 0 Å². The molecule has 0 aliphatic carbocycles. The van der Waals surface area contributed by atoms with Crippen molar-refractivity contribution in [3.63, 3.8) is 0 Å². The van der Waals surface area contributed by atoms with E-state index in [2.05, 4.69) is 26.0 Å². The smallest absolute Gasteiger partial charge is 0.263 e. The third kappa shape index (κ3) is 2.89. The predicted octanol–water partition coefficient (Wildman–Crippen LogP) is 3.36. The maximum absolute atomic E-state index is 13.1. The van der Waals surface area contributed by atoms with Gasteiger partial charge in [-0.05, 0) is 64.3 Å². The Hall–Kier alpha value is -1.60. The first kappa shape index (κ1) is 14.3. The molecule has 0 fully saturated rings. The van der Waals surface area contributed by atoms with E-state index in [0.717, 1.165) is 36.3 Å². The Kier molecular flexibility index (Phi) is 3.62. The van der Waals surface area contributed by atoms with Gasteiger partial charge in [-0.25, -0.2) is 12.8 Å². The summed E-state index contributed by atoms with van der Waals surface area (Å²) < 4.78 is 40.5. The molecule has 0 saturated heterocycles. The average Bonchev–Trinajstić information content (AvgIpc) is 2.85. The molecule has 0 amide bonds. The van der Waals surface area contributed by atoms with Crippen LogP contribution in [0.1, 0.15) is 5.56 Å². The minimum Gasteiger partial charge on any atom is -0.384 e. The van der Waals surface area contributed by atoms with Crippen molar-refractivity contribution in [3.05, 3.63) is 52.3 Å². The monoisotopic (exact) mass is 370 g/mol. The van der Waals surface area contributed by atoms with Crippen LogP contribution in [0.5, 0.6) is 0 Å². The van der Waals surface area contributed by atoms with Crippen LogP contribution in [0.4, 0.5) is 15.8 Å². The van der Waals surface area contributed by atoms with Crippen molar-refractivity contribution in [2.75, 3.05) is 16.6 Å². The Balaban J connectivity index is 1.92. The van der Waals surface area contributed by atoms with Crippen molar-refractivity contribution in [3.8, 4) is 0 Å². The second-order valence-corrected chi connectivity index (χ2v) is 7.23. The highest BCUT2D eigenvalue weighted by atomic mass is 79.9. The standard InChI is InChI=1S/C14H12BrFN2O2S/c15-12-8-10(16)1-4-14(12)21(19,20)18-11-2-3-13-9(7-11)5-6-17-13/h1-4,7-8,17-18H,5-6H2. The molecule has 110 valence electrons. The van der Waals surface area contributed by atoms with E-state index in [-0.39, 0.29) is 9.37 Å². The number of sulfonamides is 1. The van der Waals surface area contributed by atoms with Crippen molar-refractivity contribution in [1.29, 1.82) is 0 Å². The van der Waals surface area contributed by atoms with E-state index in [4.69, 9.17) is 0 Å². The molecule has 2 aromatic rings. The van der Waals surface area contributed by atoms with Crippen molar-refractivity contribution in [2.24, 2.45) is 0 Å². The van der Waals surface area contributed by atoms with Gasteiger partial charge in [-0.1, -0.05) is 0 Å². The molecule has 0 spiro atoms. The van der Waals surface area contributed by atoms with E-state index in [1.54, 1.807) is 6.07 Å². The van der Waals surface area contributed by atoms with E-state index in [1.807, 2.05) is 12.1 Å². The van der Waals surface area contributed by atoms with Gasteiger partial charge in [0.15, 0.2) is 0 Å². The summed E-state index contributed by atoms with van der Waals surface area (Å²) in [5, 5.41) is 3.21. The highest BCUT2D eigenvalue weighted by molar-refractivity contribution is 9.10. The van der Waals surface area contributed by atoms with E-state index in [0.29, 0.717) is 5.69 Å². The Morgan fingerprint density at radius 3 is 2.76 bits per heavy atom. The van der Waals surface area contributed by atoms with Crippen LogP contribution in [0.15, 0.2) is 45.8 Å². The Morgan fingerprint density at radius 1 is 1.19 bits per heavy atom. The molecule has 1 aliphatic rings. The van der Waals surface area contributed by atoms with E-state index >= 15 is 0 Å². The molecule has 0 saturated carbocycles. The van der Waals surface area contributed by atoms with Crippen LogP contribution in [-0.4, -0.2) is 15.0 Å². The summed E-state index contributed by atoms with van der Waals surface area (Å²) >= 11 is 3.08. The fourth-order valence-electron chi connectivity index (χ4n) is 2.27. The van der Waals surface area contributed by atoms with Crippen molar-refractivity contribution < 1.29 is 12.8 Å². The number of fused-ring (bicyclic) bond motifs is 1. The first-order valence-electron chi connectivity index (χ1n) is 6.30. The SMILES string of the molecule is O=S(=O)(Nc1ccc2c(c1)CCN2)c1ccc(F)cc1Br. The summed E-state index contributed by atoms with van der Waals surface area (Å²) in [7, 11) is -3.76. The highest BCUT2D eigenvalue weighted by Gasteiger charge is 2.19. The maximum Gasteiger partial charge on any atom is 0.263 e. The van der Waals surface area contributed by atoms with Crippen LogP contribution in [0.2, 0.25) is 0 Å². The molecule has 0 aromatic heterocycles. The predicted molar refractivity (Wildman–Crippen MR) is 83.5 cm³/mol. The number of anilines is 2. The van der Waals surface area contributed by atoms with Crippen molar-refractivity contribution >= 4 is 37.3 Å². The lowest BCUT2D eigenvalue weighted by atomic mass is 10.1. The molecular formula is C14H12BrFN2O2S. The lowest BCUT2D eigenvalue weighted by Crippen LogP contribution is -2.13. The molecule has 0 unspecified atom stereocenters. The Bertz CT molecular complexity index is 809. The molecule has 21 heavy (non-hydrogen) atoms. The largest absolute Gasteiger partial charge is 0.384 e. The highest BCUT2D eigenvalue weighted by Crippen LogP contribution is 2.28. The number of rotatable bonds is 3. The number of benzene rings is 2. The Labute approximate surface area is 130 Å². The number of hydrogen-bond acceptors (Lipinski definition) is 3. The Morgan fingerprint density at radius 2 is 2.00 bits per heavy atom. The summed E-state index contributed by atoms with van der Waals surface area (Å²) in [6.07, 6.45) is 0.866. The summed E-state index contributed by atoms with van der Waals surface area (Å²) in [6.45, 7) is 0.856. The summed E-state index contributed by atoms with van der Waals surface area (Å²) in [6, 6.07) is 8.83. The third-order valence-electron chi connectivity index (χ3n) is 3.25. The third-order valence-corrected chi connectivity index (χ3v) is 5.61. The molecular weight excluding hydrogens is 359 g/mol. The average molecular weight is 371 g/mol. The van der Waals surface area contributed by atoms with Crippen LogP contribution >= 0.6 is 15.9 Å². The molecule has 1 aliphatic heterocycles. The zero-order valence-electron chi connectivity index (χ0n) is 10.9. The van der Waals surface area contributed by atoms with Crippen LogP contribution in [0.3, 0.4) is 0 Å².